The van der Waals surface area contributed by atoms with E-state index in [2.05, 4.69) is 27.7 Å². The summed E-state index contributed by atoms with van der Waals surface area (Å²) in [5.74, 6) is 5.54. The Morgan fingerprint density at radius 3 is 2.49 bits per heavy atom. The SMILES string of the molecule is COCOC[C@]12CC[C@H](OC(C)=O)CC1CC[C@@H]1[C@@H]2CC[C@]2(C)[C@@H]([C@H](C)CCCC(C)C)CC[C@@H]12. The van der Waals surface area contributed by atoms with Gasteiger partial charge in [0.25, 0.3) is 0 Å². The molecule has 35 heavy (non-hydrogen) atoms. The Bertz CT molecular complexity index is 706. The highest BCUT2D eigenvalue weighted by Gasteiger charge is 2.62. The molecule has 0 amide bonds. The second-order valence-corrected chi connectivity index (χ2v) is 13.7. The van der Waals surface area contributed by atoms with Gasteiger partial charge in [-0.1, -0.05) is 47.0 Å². The molecule has 4 aliphatic rings. The van der Waals surface area contributed by atoms with Crippen LogP contribution in [0.15, 0.2) is 0 Å². The molecule has 0 aliphatic heterocycles. The van der Waals surface area contributed by atoms with Crippen LogP contribution in [0.2, 0.25) is 0 Å². The number of carbonyl (C=O) groups excluding carboxylic acids is 1. The van der Waals surface area contributed by atoms with Crippen molar-refractivity contribution < 1.29 is 19.0 Å². The van der Waals surface area contributed by atoms with E-state index in [1.54, 1.807) is 14.0 Å². The van der Waals surface area contributed by atoms with Crippen molar-refractivity contribution in [2.24, 2.45) is 52.3 Å². The molecule has 9 atom stereocenters. The van der Waals surface area contributed by atoms with Gasteiger partial charge in [0.1, 0.15) is 12.9 Å². The van der Waals surface area contributed by atoms with Gasteiger partial charge in [-0.05, 0) is 105 Å². The van der Waals surface area contributed by atoms with Crippen LogP contribution in [0.1, 0.15) is 112 Å². The second-order valence-electron chi connectivity index (χ2n) is 13.7. The minimum atomic E-state index is -0.125. The molecule has 0 spiro atoms. The van der Waals surface area contributed by atoms with Gasteiger partial charge in [0.05, 0.1) is 6.61 Å². The maximum atomic E-state index is 11.7. The van der Waals surface area contributed by atoms with Crippen molar-refractivity contribution in [3.05, 3.63) is 0 Å². The van der Waals surface area contributed by atoms with E-state index in [1.807, 2.05) is 0 Å². The lowest BCUT2D eigenvalue weighted by Gasteiger charge is -2.62. The van der Waals surface area contributed by atoms with Crippen molar-refractivity contribution in [2.45, 2.75) is 118 Å². The van der Waals surface area contributed by atoms with E-state index in [0.717, 1.165) is 61.4 Å². The van der Waals surface area contributed by atoms with Crippen LogP contribution in [0.25, 0.3) is 0 Å². The summed E-state index contributed by atoms with van der Waals surface area (Å²) in [6.07, 6.45) is 15.7. The number of hydrogen-bond acceptors (Lipinski definition) is 4. The zero-order valence-corrected chi connectivity index (χ0v) is 23.7. The lowest BCUT2D eigenvalue weighted by molar-refractivity contribution is -0.186. The van der Waals surface area contributed by atoms with Gasteiger partial charge < -0.3 is 14.2 Å². The average molecular weight is 491 g/mol. The lowest BCUT2D eigenvalue weighted by Crippen LogP contribution is -2.57. The fourth-order valence-corrected chi connectivity index (χ4v) is 9.97. The number of carbonyl (C=O) groups is 1. The molecule has 0 heterocycles. The summed E-state index contributed by atoms with van der Waals surface area (Å²) in [4.78, 5) is 11.7. The molecular weight excluding hydrogens is 436 g/mol. The molecule has 4 aliphatic carbocycles. The minimum absolute atomic E-state index is 0.0982. The monoisotopic (exact) mass is 490 g/mol. The van der Waals surface area contributed by atoms with Gasteiger partial charge in [-0.3, -0.25) is 4.79 Å². The van der Waals surface area contributed by atoms with Gasteiger partial charge >= 0.3 is 5.97 Å². The molecule has 4 saturated carbocycles. The van der Waals surface area contributed by atoms with E-state index in [9.17, 15) is 4.79 Å². The lowest BCUT2D eigenvalue weighted by atomic mass is 9.44. The number of ether oxygens (including phenoxy) is 3. The van der Waals surface area contributed by atoms with Crippen molar-refractivity contribution >= 4 is 5.97 Å². The van der Waals surface area contributed by atoms with Crippen molar-refractivity contribution in [3.8, 4) is 0 Å². The minimum Gasteiger partial charge on any atom is -0.463 e. The van der Waals surface area contributed by atoms with Crippen molar-refractivity contribution in [2.75, 3.05) is 20.5 Å². The molecule has 0 N–H and O–H groups in total. The summed E-state index contributed by atoms with van der Waals surface area (Å²) in [5.41, 5.74) is 0.759. The fourth-order valence-electron chi connectivity index (χ4n) is 9.97. The Balaban J connectivity index is 1.50. The third-order valence-corrected chi connectivity index (χ3v) is 11.4. The smallest absolute Gasteiger partial charge is 0.302 e. The molecule has 0 aromatic heterocycles. The molecule has 0 bridgehead atoms. The van der Waals surface area contributed by atoms with E-state index in [-0.39, 0.29) is 17.5 Å². The average Bonchev–Trinajstić information content (AvgIpc) is 3.16. The highest BCUT2D eigenvalue weighted by atomic mass is 16.7. The van der Waals surface area contributed by atoms with Crippen LogP contribution >= 0.6 is 0 Å². The Kier molecular flexibility index (Phi) is 8.95. The van der Waals surface area contributed by atoms with E-state index in [4.69, 9.17) is 14.2 Å². The summed E-state index contributed by atoms with van der Waals surface area (Å²) < 4.78 is 17.2. The van der Waals surface area contributed by atoms with Crippen LogP contribution in [0.4, 0.5) is 0 Å². The van der Waals surface area contributed by atoms with E-state index >= 15 is 0 Å². The van der Waals surface area contributed by atoms with Crippen molar-refractivity contribution in [1.29, 1.82) is 0 Å². The summed E-state index contributed by atoms with van der Waals surface area (Å²) >= 11 is 0. The third kappa shape index (κ3) is 5.49. The van der Waals surface area contributed by atoms with Gasteiger partial charge in [0.2, 0.25) is 0 Å². The molecule has 4 rings (SSSR count). The van der Waals surface area contributed by atoms with E-state index in [0.29, 0.717) is 18.1 Å². The Labute approximate surface area is 215 Å². The summed E-state index contributed by atoms with van der Waals surface area (Å²) in [6.45, 7) is 12.7. The molecular formula is C31H54O4. The van der Waals surface area contributed by atoms with Gasteiger partial charge in [-0.15, -0.1) is 0 Å². The molecule has 1 unspecified atom stereocenters. The van der Waals surface area contributed by atoms with Crippen molar-refractivity contribution in [1.82, 2.24) is 0 Å². The quantitative estimate of drug-likeness (QED) is 0.179. The Morgan fingerprint density at radius 1 is 0.971 bits per heavy atom. The predicted octanol–water partition coefficient (Wildman–Crippen LogP) is 7.64. The van der Waals surface area contributed by atoms with Crippen LogP contribution in [0, 0.1) is 52.3 Å². The molecule has 4 fully saturated rings. The topological polar surface area (TPSA) is 44.8 Å². The second kappa shape index (κ2) is 11.4. The molecule has 4 nitrogen and oxygen atoms in total. The predicted molar refractivity (Wildman–Crippen MR) is 141 cm³/mol. The summed E-state index contributed by atoms with van der Waals surface area (Å²) in [6, 6.07) is 0. The van der Waals surface area contributed by atoms with Crippen LogP contribution < -0.4 is 0 Å². The number of methoxy groups -OCH3 is 1. The molecule has 0 saturated heterocycles. The maximum absolute atomic E-state index is 11.7. The zero-order chi connectivity index (χ0) is 25.2. The van der Waals surface area contributed by atoms with Gasteiger partial charge in [-0.25, -0.2) is 0 Å². The first-order chi connectivity index (χ1) is 16.7. The first kappa shape index (κ1) is 27.4. The fraction of sp³-hybridized carbons (Fsp3) is 0.968. The Hall–Kier alpha value is -0.610. The van der Waals surface area contributed by atoms with E-state index < -0.39 is 0 Å². The van der Waals surface area contributed by atoms with Crippen molar-refractivity contribution in [3.63, 3.8) is 0 Å². The molecule has 0 aromatic carbocycles. The molecule has 0 aromatic rings. The van der Waals surface area contributed by atoms with Gasteiger partial charge in [0, 0.05) is 19.4 Å². The molecule has 4 heteroatoms. The maximum Gasteiger partial charge on any atom is 0.302 e. The number of esters is 1. The standard InChI is InChI=1S/C31H54O4/c1-21(2)8-7-9-22(3)27-12-13-28-26-11-10-24-18-25(35-23(4)32)14-17-31(24,19-34-20-33-6)29(26)15-16-30(27,28)5/h21-22,24-29H,7-20H2,1-6H3/t22-,24?,25+,26+,27-,28+,29+,30-,31-/m1/s1. The summed E-state index contributed by atoms with van der Waals surface area (Å²) in [5, 5.41) is 0. The van der Waals surface area contributed by atoms with E-state index in [1.165, 1.54) is 57.8 Å². The van der Waals surface area contributed by atoms with Gasteiger partial charge in [-0.2, -0.15) is 0 Å². The molecule has 0 radical (unpaired) electrons. The number of hydrogen-bond donors (Lipinski definition) is 0. The van der Waals surface area contributed by atoms with Crippen LogP contribution in [-0.2, 0) is 19.0 Å². The highest BCUT2D eigenvalue weighted by molar-refractivity contribution is 5.66. The normalized spacial score (nSPS) is 41.7. The number of fused-ring (bicyclic) bond motifs is 5. The third-order valence-electron chi connectivity index (χ3n) is 11.4. The number of rotatable bonds is 10. The van der Waals surface area contributed by atoms with Crippen LogP contribution in [0.3, 0.4) is 0 Å². The van der Waals surface area contributed by atoms with Crippen LogP contribution in [0.5, 0.6) is 0 Å². The Morgan fingerprint density at radius 2 is 1.77 bits per heavy atom. The highest BCUT2D eigenvalue weighted by Crippen LogP contribution is 2.68. The zero-order valence-electron chi connectivity index (χ0n) is 23.7. The van der Waals surface area contributed by atoms with Crippen LogP contribution in [-0.4, -0.2) is 32.6 Å². The first-order valence-corrected chi connectivity index (χ1v) is 14.9. The van der Waals surface area contributed by atoms with Gasteiger partial charge in [0.15, 0.2) is 0 Å². The first-order valence-electron chi connectivity index (χ1n) is 14.9. The molecule has 202 valence electrons. The summed E-state index contributed by atoms with van der Waals surface area (Å²) in [7, 11) is 1.73. The largest absolute Gasteiger partial charge is 0.463 e.